The molecule has 2 rings (SSSR count). The summed E-state index contributed by atoms with van der Waals surface area (Å²) in [6, 6.07) is 5.41. The normalized spacial score (nSPS) is 15.2. The van der Waals surface area contributed by atoms with Gasteiger partial charge in [0.05, 0.1) is 0 Å². The van der Waals surface area contributed by atoms with Gasteiger partial charge in [-0.1, -0.05) is 57.7 Å². The predicted octanol–water partition coefficient (Wildman–Crippen LogP) is 5.90. The zero-order valence-corrected chi connectivity index (χ0v) is 14.1. The molecule has 2 heteroatoms. The van der Waals surface area contributed by atoms with Crippen LogP contribution in [0, 0.1) is 12.7 Å². The lowest BCUT2D eigenvalue weighted by molar-refractivity contribution is 0.461. The molecule has 1 nitrogen and oxygen atoms in total. The van der Waals surface area contributed by atoms with Crippen LogP contribution in [0.4, 0.5) is 4.39 Å². The van der Waals surface area contributed by atoms with E-state index < -0.39 is 0 Å². The molecule has 22 heavy (non-hydrogen) atoms. The van der Waals surface area contributed by atoms with Gasteiger partial charge in [0, 0.05) is 18.4 Å². The standard InChI is InChI=1S/C18H20FN.C2H6/c1-4-7-18-16(5-2)8-6-11-20(18)13-15-10-9-14(3)17(19)12-15;1-2/h5-12H,2,4,13H2,1,3H3;1-2H3/b18-7+;. The van der Waals surface area contributed by atoms with Gasteiger partial charge in [-0.05, 0) is 42.2 Å². The first-order valence-corrected chi connectivity index (χ1v) is 7.88. The van der Waals surface area contributed by atoms with Crippen LogP contribution in [0.1, 0.15) is 38.3 Å². The van der Waals surface area contributed by atoms with Gasteiger partial charge < -0.3 is 4.90 Å². The third-order valence-electron chi connectivity index (χ3n) is 3.35. The number of nitrogens with zero attached hydrogens (tertiary/aromatic N) is 1. The van der Waals surface area contributed by atoms with E-state index >= 15 is 0 Å². The molecule has 0 spiro atoms. The molecule has 0 aliphatic carbocycles. The summed E-state index contributed by atoms with van der Waals surface area (Å²) in [5.41, 5.74) is 3.87. The third-order valence-corrected chi connectivity index (χ3v) is 3.35. The maximum atomic E-state index is 13.6. The first-order valence-electron chi connectivity index (χ1n) is 7.88. The Balaban J connectivity index is 0.00000116. The highest BCUT2D eigenvalue weighted by Crippen LogP contribution is 2.24. The van der Waals surface area contributed by atoms with Crippen LogP contribution >= 0.6 is 0 Å². The summed E-state index contributed by atoms with van der Waals surface area (Å²) in [5.74, 6) is -0.149. The van der Waals surface area contributed by atoms with Crippen molar-refractivity contribution in [3.8, 4) is 0 Å². The topological polar surface area (TPSA) is 3.24 Å². The van der Waals surface area contributed by atoms with Crippen molar-refractivity contribution in [3.63, 3.8) is 0 Å². The lowest BCUT2D eigenvalue weighted by atomic mass is 10.1. The van der Waals surface area contributed by atoms with Crippen LogP contribution in [0.2, 0.25) is 0 Å². The number of aryl methyl sites for hydroxylation is 1. The second kappa shape index (κ2) is 9.04. The van der Waals surface area contributed by atoms with Gasteiger partial charge in [-0.3, -0.25) is 0 Å². The summed E-state index contributed by atoms with van der Waals surface area (Å²) < 4.78 is 13.6. The van der Waals surface area contributed by atoms with Gasteiger partial charge in [0.25, 0.3) is 0 Å². The lowest BCUT2D eigenvalue weighted by Crippen LogP contribution is -2.19. The van der Waals surface area contributed by atoms with Crippen LogP contribution in [0.25, 0.3) is 0 Å². The molecule has 0 aromatic heterocycles. The number of hydrogen-bond acceptors (Lipinski definition) is 1. The van der Waals surface area contributed by atoms with Gasteiger partial charge in [-0.2, -0.15) is 0 Å². The van der Waals surface area contributed by atoms with E-state index in [1.807, 2.05) is 50.4 Å². The maximum Gasteiger partial charge on any atom is 0.126 e. The minimum absolute atomic E-state index is 0.149. The summed E-state index contributed by atoms with van der Waals surface area (Å²) in [7, 11) is 0. The van der Waals surface area contributed by atoms with E-state index in [1.165, 1.54) is 0 Å². The fourth-order valence-corrected chi connectivity index (χ4v) is 2.25. The molecular formula is C20H26FN. The smallest absolute Gasteiger partial charge is 0.126 e. The summed E-state index contributed by atoms with van der Waals surface area (Å²) in [6.45, 7) is 12.4. The van der Waals surface area contributed by atoms with Crippen molar-refractivity contribution in [1.82, 2.24) is 4.90 Å². The Morgan fingerprint density at radius 3 is 2.59 bits per heavy atom. The van der Waals surface area contributed by atoms with E-state index in [1.54, 1.807) is 13.0 Å². The van der Waals surface area contributed by atoms with Crippen molar-refractivity contribution in [1.29, 1.82) is 0 Å². The predicted molar refractivity (Wildman–Crippen MR) is 93.8 cm³/mol. The molecule has 0 fully saturated rings. The molecule has 0 radical (unpaired) electrons. The largest absolute Gasteiger partial charge is 0.343 e. The number of hydrogen-bond donors (Lipinski definition) is 0. The Bertz CT molecular complexity index is 594. The van der Waals surface area contributed by atoms with E-state index in [2.05, 4.69) is 24.5 Å². The van der Waals surface area contributed by atoms with Gasteiger partial charge in [-0.15, -0.1) is 0 Å². The third kappa shape index (κ3) is 4.45. The molecule has 1 aliphatic heterocycles. The Kier molecular flexibility index (Phi) is 7.38. The van der Waals surface area contributed by atoms with Crippen molar-refractivity contribution in [2.24, 2.45) is 0 Å². The highest BCUT2D eigenvalue weighted by molar-refractivity contribution is 5.44. The number of allylic oxidation sites excluding steroid dienone is 4. The van der Waals surface area contributed by atoms with Gasteiger partial charge in [-0.25, -0.2) is 4.39 Å². The quantitative estimate of drug-likeness (QED) is 0.669. The molecule has 0 amide bonds. The molecule has 1 heterocycles. The van der Waals surface area contributed by atoms with Gasteiger partial charge in [0.15, 0.2) is 0 Å². The van der Waals surface area contributed by atoms with Crippen LogP contribution in [0.15, 0.2) is 66.6 Å². The second-order valence-electron chi connectivity index (χ2n) is 4.88. The minimum atomic E-state index is -0.149. The Morgan fingerprint density at radius 1 is 1.27 bits per heavy atom. The van der Waals surface area contributed by atoms with Crippen LogP contribution in [-0.4, -0.2) is 4.90 Å². The van der Waals surface area contributed by atoms with E-state index in [0.29, 0.717) is 12.1 Å². The summed E-state index contributed by atoms with van der Waals surface area (Å²) >= 11 is 0. The lowest BCUT2D eigenvalue weighted by Gasteiger charge is -2.27. The van der Waals surface area contributed by atoms with E-state index in [0.717, 1.165) is 23.3 Å². The SMILES string of the molecule is C=CC1=CC=CN(Cc2ccc(C)c(F)c2)/C1=C/CC.CC. The summed E-state index contributed by atoms with van der Waals surface area (Å²) in [6.07, 6.45) is 11.0. The maximum absolute atomic E-state index is 13.6. The van der Waals surface area contributed by atoms with Crippen LogP contribution in [-0.2, 0) is 6.54 Å². The van der Waals surface area contributed by atoms with E-state index in [4.69, 9.17) is 0 Å². The minimum Gasteiger partial charge on any atom is -0.343 e. The fraction of sp³-hybridized carbons (Fsp3) is 0.300. The van der Waals surface area contributed by atoms with E-state index in [-0.39, 0.29) is 5.82 Å². The Labute approximate surface area is 134 Å². The van der Waals surface area contributed by atoms with Crippen molar-refractivity contribution in [3.05, 3.63) is 83.5 Å². The average molecular weight is 299 g/mol. The first-order chi connectivity index (χ1) is 10.7. The van der Waals surface area contributed by atoms with Crippen molar-refractivity contribution >= 4 is 0 Å². The first kappa shape index (κ1) is 18.0. The number of halogens is 1. The highest BCUT2D eigenvalue weighted by atomic mass is 19.1. The molecule has 1 aromatic carbocycles. The zero-order chi connectivity index (χ0) is 16.5. The molecule has 0 unspecified atom stereocenters. The molecular weight excluding hydrogens is 273 g/mol. The van der Waals surface area contributed by atoms with Crippen LogP contribution in [0.3, 0.4) is 0 Å². The van der Waals surface area contributed by atoms with Crippen molar-refractivity contribution in [2.45, 2.75) is 40.7 Å². The van der Waals surface area contributed by atoms with E-state index in [9.17, 15) is 4.39 Å². The van der Waals surface area contributed by atoms with Crippen LogP contribution in [0.5, 0.6) is 0 Å². The monoisotopic (exact) mass is 299 g/mol. The average Bonchev–Trinajstić information content (AvgIpc) is 2.54. The molecule has 0 atom stereocenters. The van der Waals surface area contributed by atoms with Crippen molar-refractivity contribution < 1.29 is 4.39 Å². The van der Waals surface area contributed by atoms with Gasteiger partial charge >= 0.3 is 0 Å². The fourth-order valence-electron chi connectivity index (χ4n) is 2.25. The molecule has 0 saturated carbocycles. The Hall–Kier alpha value is -2.09. The molecule has 1 aliphatic rings. The second-order valence-corrected chi connectivity index (χ2v) is 4.88. The zero-order valence-electron chi connectivity index (χ0n) is 14.1. The van der Waals surface area contributed by atoms with Gasteiger partial charge in [0.2, 0.25) is 0 Å². The summed E-state index contributed by atoms with van der Waals surface area (Å²) in [4.78, 5) is 2.13. The number of benzene rings is 1. The van der Waals surface area contributed by atoms with Crippen LogP contribution < -0.4 is 0 Å². The Morgan fingerprint density at radius 2 is 2.00 bits per heavy atom. The molecule has 0 bridgehead atoms. The highest BCUT2D eigenvalue weighted by Gasteiger charge is 2.13. The molecule has 0 saturated heterocycles. The molecule has 118 valence electrons. The molecule has 0 N–H and O–H groups in total. The number of rotatable bonds is 4. The summed E-state index contributed by atoms with van der Waals surface area (Å²) in [5, 5.41) is 0. The molecule has 1 aromatic rings. The van der Waals surface area contributed by atoms with Gasteiger partial charge in [0.1, 0.15) is 5.82 Å². The van der Waals surface area contributed by atoms with Crippen molar-refractivity contribution in [2.75, 3.05) is 0 Å².